The van der Waals surface area contributed by atoms with Crippen LogP contribution < -0.4 is 5.32 Å². The molecule has 0 spiro atoms. The van der Waals surface area contributed by atoms with Crippen LogP contribution in [-0.2, 0) is 11.8 Å². The molecule has 15 heavy (non-hydrogen) atoms. The highest BCUT2D eigenvalue weighted by molar-refractivity contribution is 7.99. The first-order valence-corrected chi connectivity index (χ1v) is 5.93. The zero-order valence-corrected chi connectivity index (χ0v) is 9.67. The van der Waals surface area contributed by atoms with Gasteiger partial charge in [-0.05, 0) is 12.8 Å². The SMILES string of the molecule is CNC(=O)CSc1nnc(C2CC2)n1C. The van der Waals surface area contributed by atoms with E-state index in [-0.39, 0.29) is 5.91 Å². The normalized spacial score (nSPS) is 15.3. The molecular weight excluding hydrogens is 212 g/mol. The fourth-order valence-corrected chi connectivity index (χ4v) is 2.14. The zero-order chi connectivity index (χ0) is 10.8. The number of rotatable bonds is 4. The summed E-state index contributed by atoms with van der Waals surface area (Å²) in [4.78, 5) is 11.1. The Morgan fingerprint density at radius 1 is 1.60 bits per heavy atom. The van der Waals surface area contributed by atoms with E-state index in [2.05, 4.69) is 15.5 Å². The van der Waals surface area contributed by atoms with E-state index in [1.165, 1.54) is 24.6 Å². The number of thioether (sulfide) groups is 1. The molecule has 1 aliphatic carbocycles. The van der Waals surface area contributed by atoms with E-state index in [1.807, 2.05) is 11.6 Å². The lowest BCUT2D eigenvalue weighted by atomic mass is 10.4. The standard InChI is InChI=1S/C9H14N4OS/c1-10-7(14)5-15-9-12-11-8(13(9)2)6-3-4-6/h6H,3-5H2,1-2H3,(H,10,14). The van der Waals surface area contributed by atoms with Gasteiger partial charge >= 0.3 is 0 Å². The van der Waals surface area contributed by atoms with Crippen LogP contribution in [0.15, 0.2) is 5.16 Å². The average Bonchev–Trinajstić information content (AvgIpc) is 3.01. The van der Waals surface area contributed by atoms with Gasteiger partial charge in [0, 0.05) is 20.0 Å². The molecule has 0 aliphatic heterocycles. The maximum atomic E-state index is 11.1. The van der Waals surface area contributed by atoms with Crippen molar-refractivity contribution >= 4 is 17.7 Å². The molecule has 1 aromatic rings. The summed E-state index contributed by atoms with van der Waals surface area (Å²) in [5, 5.41) is 11.6. The Morgan fingerprint density at radius 3 is 2.93 bits per heavy atom. The van der Waals surface area contributed by atoms with E-state index in [1.54, 1.807) is 7.05 Å². The van der Waals surface area contributed by atoms with Gasteiger partial charge in [0.15, 0.2) is 5.16 Å². The molecule has 0 radical (unpaired) electrons. The third-order valence-corrected chi connectivity index (χ3v) is 3.44. The zero-order valence-electron chi connectivity index (χ0n) is 8.86. The summed E-state index contributed by atoms with van der Waals surface area (Å²) < 4.78 is 1.99. The first-order chi connectivity index (χ1) is 7.22. The maximum Gasteiger partial charge on any atom is 0.230 e. The Labute approximate surface area is 92.6 Å². The van der Waals surface area contributed by atoms with Crippen molar-refractivity contribution in [1.82, 2.24) is 20.1 Å². The van der Waals surface area contributed by atoms with Crippen LogP contribution in [0, 0.1) is 0 Å². The molecule has 1 aromatic heterocycles. The highest BCUT2D eigenvalue weighted by Crippen LogP contribution is 2.39. The lowest BCUT2D eigenvalue weighted by Crippen LogP contribution is -2.20. The van der Waals surface area contributed by atoms with Gasteiger partial charge in [-0.2, -0.15) is 0 Å². The van der Waals surface area contributed by atoms with Crippen LogP contribution >= 0.6 is 11.8 Å². The average molecular weight is 226 g/mol. The number of nitrogens with zero attached hydrogens (tertiary/aromatic N) is 3. The Hall–Kier alpha value is -1.04. The second-order valence-electron chi connectivity index (χ2n) is 3.64. The molecule has 1 saturated carbocycles. The van der Waals surface area contributed by atoms with Gasteiger partial charge in [-0.25, -0.2) is 0 Å². The molecule has 1 fully saturated rings. The van der Waals surface area contributed by atoms with Crippen LogP contribution in [0.4, 0.5) is 0 Å². The number of hydrogen-bond acceptors (Lipinski definition) is 4. The minimum atomic E-state index is 0.0102. The van der Waals surface area contributed by atoms with E-state index >= 15 is 0 Å². The van der Waals surface area contributed by atoms with E-state index < -0.39 is 0 Å². The van der Waals surface area contributed by atoms with Crippen LogP contribution in [0.25, 0.3) is 0 Å². The van der Waals surface area contributed by atoms with Crippen LogP contribution in [0.3, 0.4) is 0 Å². The minimum absolute atomic E-state index is 0.0102. The Morgan fingerprint density at radius 2 is 2.33 bits per heavy atom. The van der Waals surface area contributed by atoms with Crippen molar-refractivity contribution in [2.24, 2.45) is 7.05 Å². The summed E-state index contributed by atoms with van der Waals surface area (Å²) in [5.74, 6) is 2.05. The van der Waals surface area contributed by atoms with Gasteiger partial charge in [0.2, 0.25) is 5.91 Å². The summed E-state index contributed by atoms with van der Waals surface area (Å²) in [6.45, 7) is 0. The number of carbonyl (C=O) groups is 1. The van der Waals surface area contributed by atoms with Gasteiger partial charge in [-0.1, -0.05) is 11.8 Å². The topological polar surface area (TPSA) is 59.8 Å². The number of aromatic nitrogens is 3. The van der Waals surface area contributed by atoms with Crippen molar-refractivity contribution in [3.63, 3.8) is 0 Å². The van der Waals surface area contributed by atoms with E-state index in [4.69, 9.17) is 0 Å². The fraction of sp³-hybridized carbons (Fsp3) is 0.667. The van der Waals surface area contributed by atoms with Crippen molar-refractivity contribution in [3.8, 4) is 0 Å². The molecule has 2 rings (SSSR count). The third kappa shape index (κ3) is 2.31. The van der Waals surface area contributed by atoms with Crippen molar-refractivity contribution < 1.29 is 4.79 Å². The summed E-state index contributed by atoms with van der Waals surface area (Å²) in [5.41, 5.74) is 0. The largest absolute Gasteiger partial charge is 0.358 e. The van der Waals surface area contributed by atoms with Crippen LogP contribution in [-0.4, -0.2) is 33.5 Å². The Balaban J connectivity index is 1.99. The molecule has 0 unspecified atom stereocenters. The van der Waals surface area contributed by atoms with Crippen LogP contribution in [0.1, 0.15) is 24.6 Å². The van der Waals surface area contributed by atoms with Crippen molar-refractivity contribution in [3.05, 3.63) is 5.82 Å². The molecule has 0 aromatic carbocycles. The molecule has 0 bridgehead atoms. The molecule has 1 N–H and O–H groups in total. The molecule has 0 atom stereocenters. The van der Waals surface area contributed by atoms with Crippen molar-refractivity contribution in [2.45, 2.75) is 23.9 Å². The first-order valence-electron chi connectivity index (χ1n) is 4.95. The van der Waals surface area contributed by atoms with Crippen LogP contribution in [0.5, 0.6) is 0 Å². The number of hydrogen-bond donors (Lipinski definition) is 1. The molecule has 6 heteroatoms. The monoisotopic (exact) mass is 226 g/mol. The lowest BCUT2D eigenvalue weighted by Gasteiger charge is -2.01. The molecule has 1 heterocycles. The molecule has 82 valence electrons. The summed E-state index contributed by atoms with van der Waals surface area (Å²) in [7, 11) is 3.59. The second kappa shape index (κ2) is 4.22. The van der Waals surface area contributed by atoms with Gasteiger partial charge in [0.25, 0.3) is 0 Å². The quantitative estimate of drug-likeness (QED) is 0.761. The third-order valence-electron chi connectivity index (χ3n) is 2.42. The van der Waals surface area contributed by atoms with E-state index in [0.29, 0.717) is 11.7 Å². The number of carbonyl (C=O) groups excluding carboxylic acids is 1. The number of nitrogens with one attached hydrogen (secondary N) is 1. The second-order valence-corrected chi connectivity index (χ2v) is 4.58. The molecular formula is C9H14N4OS. The summed E-state index contributed by atoms with van der Waals surface area (Å²) in [6.07, 6.45) is 2.43. The van der Waals surface area contributed by atoms with Gasteiger partial charge in [-0.3, -0.25) is 4.79 Å². The predicted octanol–water partition coefficient (Wildman–Crippen LogP) is 0.531. The number of amides is 1. The van der Waals surface area contributed by atoms with Gasteiger partial charge < -0.3 is 9.88 Å². The van der Waals surface area contributed by atoms with Crippen molar-refractivity contribution in [1.29, 1.82) is 0 Å². The summed E-state index contributed by atoms with van der Waals surface area (Å²) in [6, 6.07) is 0. The molecule has 1 amide bonds. The van der Waals surface area contributed by atoms with Gasteiger partial charge in [0.05, 0.1) is 5.75 Å². The Kier molecular flexibility index (Phi) is 2.95. The highest BCUT2D eigenvalue weighted by atomic mass is 32.2. The Bertz CT molecular complexity index is 372. The van der Waals surface area contributed by atoms with E-state index in [0.717, 1.165) is 11.0 Å². The molecule has 0 saturated heterocycles. The minimum Gasteiger partial charge on any atom is -0.358 e. The van der Waals surface area contributed by atoms with Gasteiger partial charge in [0.1, 0.15) is 5.82 Å². The molecule has 1 aliphatic rings. The predicted molar refractivity (Wildman–Crippen MR) is 57.8 cm³/mol. The first kappa shape index (κ1) is 10.5. The summed E-state index contributed by atoms with van der Waals surface area (Å²) >= 11 is 1.42. The van der Waals surface area contributed by atoms with Crippen LogP contribution in [0.2, 0.25) is 0 Å². The fourth-order valence-electron chi connectivity index (χ4n) is 1.35. The van der Waals surface area contributed by atoms with Gasteiger partial charge in [-0.15, -0.1) is 10.2 Å². The molecule has 5 nitrogen and oxygen atoms in total. The maximum absolute atomic E-state index is 11.1. The lowest BCUT2D eigenvalue weighted by molar-refractivity contribution is -0.118. The highest BCUT2D eigenvalue weighted by Gasteiger charge is 2.29. The van der Waals surface area contributed by atoms with E-state index in [9.17, 15) is 4.79 Å². The van der Waals surface area contributed by atoms with Crippen molar-refractivity contribution in [2.75, 3.05) is 12.8 Å². The smallest absolute Gasteiger partial charge is 0.230 e.